The van der Waals surface area contributed by atoms with Crippen LogP contribution in [0.2, 0.25) is 0 Å². The van der Waals surface area contributed by atoms with Gasteiger partial charge in [0.2, 0.25) is 0 Å². The molecule has 3 rings (SSSR count). The van der Waals surface area contributed by atoms with E-state index in [1.54, 1.807) is 5.56 Å². The molecule has 0 N–H and O–H groups in total. The molecule has 110 valence electrons. The smallest absolute Gasteiger partial charge is 0.0402 e. The molecule has 1 aromatic carbocycles. The van der Waals surface area contributed by atoms with Crippen LogP contribution in [0.1, 0.15) is 45.1 Å². The molecular weight excluding hydrogens is 244 g/mol. The summed E-state index contributed by atoms with van der Waals surface area (Å²) in [6.45, 7) is 8.42. The maximum atomic E-state index is 2.75. The van der Waals surface area contributed by atoms with Crippen molar-refractivity contribution < 1.29 is 0 Å². The normalized spacial score (nSPS) is 24.9. The molecule has 0 aliphatic carbocycles. The largest absolute Gasteiger partial charge is 0.368 e. The third kappa shape index (κ3) is 2.58. The molecule has 1 aromatic rings. The third-order valence-electron chi connectivity index (χ3n) is 4.98. The van der Waals surface area contributed by atoms with Gasteiger partial charge in [-0.05, 0) is 56.8 Å². The highest BCUT2D eigenvalue weighted by atomic mass is 15.2. The first-order chi connectivity index (χ1) is 9.83. The second kappa shape index (κ2) is 6.17. The minimum Gasteiger partial charge on any atom is -0.368 e. The summed E-state index contributed by atoms with van der Waals surface area (Å²) in [5.41, 5.74) is 3.07. The van der Waals surface area contributed by atoms with Crippen LogP contribution in [-0.4, -0.2) is 36.6 Å². The standard InChI is InChI=1S/C18H28N2/c1-3-10-19(11-4-2)16-9-12-20-17(14-16)13-15-7-5-6-8-18(15)20/h5-8,16-17H,3-4,9-14H2,1-2H3/t16-,17-/m0/s1. The summed E-state index contributed by atoms with van der Waals surface area (Å²) in [7, 11) is 0. The van der Waals surface area contributed by atoms with E-state index in [1.807, 2.05) is 0 Å². The van der Waals surface area contributed by atoms with Gasteiger partial charge in [-0.25, -0.2) is 0 Å². The Morgan fingerprint density at radius 3 is 2.65 bits per heavy atom. The van der Waals surface area contributed by atoms with Gasteiger partial charge < -0.3 is 9.80 Å². The molecule has 0 radical (unpaired) electrons. The average Bonchev–Trinajstić information content (AvgIpc) is 2.84. The first-order valence-corrected chi connectivity index (χ1v) is 8.42. The van der Waals surface area contributed by atoms with Gasteiger partial charge in [-0.15, -0.1) is 0 Å². The number of fused-ring (bicyclic) bond motifs is 3. The quantitative estimate of drug-likeness (QED) is 0.806. The second-order valence-corrected chi connectivity index (χ2v) is 6.39. The topological polar surface area (TPSA) is 6.48 Å². The van der Waals surface area contributed by atoms with Crippen LogP contribution in [0.5, 0.6) is 0 Å². The van der Waals surface area contributed by atoms with Crippen LogP contribution in [0.4, 0.5) is 5.69 Å². The van der Waals surface area contributed by atoms with E-state index in [0.717, 1.165) is 12.1 Å². The monoisotopic (exact) mass is 272 g/mol. The van der Waals surface area contributed by atoms with Gasteiger partial charge in [-0.3, -0.25) is 0 Å². The van der Waals surface area contributed by atoms with Gasteiger partial charge in [0.15, 0.2) is 0 Å². The van der Waals surface area contributed by atoms with E-state index >= 15 is 0 Å². The highest BCUT2D eigenvalue weighted by Gasteiger charge is 2.36. The Morgan fingerprint density at radius 2 is 1.90 bits per heavy atom. The predicted octanol–water partition coefficient (Wildman–Crippen LogP) is 3.70. The average molecular weight is 272 g/mol. The number of nitrogens with zero attached hydrogens (tertiary/aromatic N) is 2. The predicted molar refractivity (Wildman–Crippen MR) is 86.5 cm³/mol. The minimum absolute atomic E-state index is 0.752. The Labute approximate surface area is 123 Å². The summed E-state index contributed by atoms with van der Waals surface area (Å²) in [6.07, 6.45) is 6.52. The van der Waals surface area contributed by atoms with Crippen LogP contribution in [-0.2, 0) is 6.42 Å². The molecule has 0 spiro atoms. The number of para-hydroxylation sites is 1. The van der Waals surface area contributed by atoms with Crippen LogP contribution in [0.15, 0.2) is 24.3 Å². The second-order valence-electron chi connectivity index (χ2n) is 6.39. The Balaban J connectivity index is 1.68. The van der Waals surface area contributed by atoms with Gasteiger partial charge in [-0.2, -0.15) is 0 Å². The highest BCUT2D eigenvalue weighted by Crippen LogP contribution is 2.37. The summed E-state index contributed by atoms with van der Waals surface area (Å²) >= 11 is 0. The fraction of sp³-hybridized carbons (Fsp3) is 0.667. The Bertz CT molecular complexity index is 437. The first-order valence-electron chi connectivity index (χ1n) is 8.42. The zero-order chi connectivity index (χ0) is 13.9. The molecule has 0 amide bonds. The van der Waals surface area contributed by atoms with Crippen LogP contribution < -0.4 is 4.90 Å². The highest BCUT2D eigenvalue weighted by molar-refractivity contribution is 5.59. The molecule has 2 atom stereocenters. The van der Waals surface area contributed by atoms with Crippen molar-refractivity contribution in [1.82, 2.24) is 4.90 Å². The summed E-state index contributed by atoms with van der Waals surface area (Å²) in [4.78, 5) is 5.42. The molecule has 0 saturated carbocycles. The number of benzene rings is 1. The van der Waals surface area contributed by atoms with Gasteiger partial charge in [0.1, 0.15) is 0 Å². The van der Waals surface area contributed by atoms with E-state index in [-0.39, 0.29) is 0 Å². The molecule has 2 aliphatic rings. The fourth-order valence-electron chi connectivity index (χ4n) is 4.14. The molecule has 2 heterocycles. The summed E-state index contributed by atoms with van der Waals surface area (Å²) < 4.78 is 0. The van der Waals surface area contributed by atoms with E-state index in [9.17, 15) is 0 Å². The summed E-state index contributed by atoms with van der Waals surface area (Å²) in [5.74, 6) is 0. The van der Waals surface area contributed by atoms with Crippen molar-refractivity contribution >= 4 is 5.69 Å². The van der Waals surface area contributed by atoms with Gasteiger partial charge in [0.05, 0.1) is 0 Å². The van der Waals surface area contributed by atoms with Crippen molar-refractivity contribution in [3.8, 4) is 0 Å². The van der Waals surface area contributed by atoms with E-state index < -0.39 is 0 Å². The van der Waals surface area contributed by atoms with Crippen molar-refractivity contribution in [2.45, 2.75) is 58.0 Å². The first kappa shape index (κ1) is 13.9. The van der Waals surface area contributed by atoms with Crippen molar-refractivity contribution in [3.63, 3.8) is 0 Å². The molecule has 0 aromatic heterocycles. The van der Waals surface area contributed by atoms with Crippen molar-refractivity contribution in [2.24, 2.45) is 0 Å². The zero-order valence-corrected chi connectivity index (χ0v) is 13.0. The van der Waals surface area contributed by atoms with E-state index in [0.29, 0.717) is 0 Å². The molecule has 1 fully saturated rings. The van der Waals surface area contributed by atoms with Gasteiger partial charge in [-0.1, -0.05) is 32.0 Å². The van der Waals surface area contributed by atoms with Crippen LogP contribution >= 0.6 is 0 Å². The van der Waals surface area contributed by atoms with E-state index in [2.05, 4.69) is 47.9 Å². The maximum Gasteiger partial charge on any atom is 0.0402 e. The lowest BCUT2D eigenvalue weighted by Gasteiger charge is -2.42. The lowest BCUT2D eigenvalue weighted by atomic mass is 9.95. The van der Waals surface area contributed by atoms with Gasteiger partial charge in [0.25, 0.3) is 0 Å². The van der Waals surface area contributed by atoms with Crippen LogP contribution in [0.25, 0.3) is 0 Å². The molecule has 0 bridgehead atoms. The summed E-state index contributed by atoms with van der Waals surface area (Å²) in [6, 6.07) is 10.6. The number of rotatable bonds is 5. The lowest BCUT2D eigenvalue weighted by Crippen LogP contribution is -2.49. The van der Waals surface area contributed by atoms with Crippen molar-refractivity contribution in [3.05, 3.63) is 29.8 Å². The molecular formula is C18H28N2. The molecule has 0 unspecified atom stereocenters. The van der Waals surface area contributed by atoms with Gasteiger partial charge in [0, 0.05) is 24.3 Å². The van der Waals surface area contributed by atoms with Crippen LogP contribution in [0.3, 0.4) is 0 Å². The van der Waals surface area contributed by atoms with Gasteiger partial charge >= 0.3 is 0 Å². The van der Waals surface area contributed by atoms with Crippen molar-refractivity contribution in [1.29, 1.82) is 0 Å². The Hall–Kier alpha value is -1.02. The molecule has 1 saturated heterocycles. The number of anilines is 1. The zero-order valence-electron chi connectivity index (χ0n) is 13.0. The summed E-state index contributed by atoms with van der Waals surface area (Å²) in [5, 5.41) is 0. The maximum absolute atomic E-state index is 2.75. The van der Waals surface area contributed by atoms with Crippen LogP contribution in [0, 0.1) is 0 Å². The Morgan fingerprint density at radius 1 is 1.15 bits per heavy atom. The molecule has 2 aliphatic heterocycles. The SMILES string of the molecule is CCCN(CCC)[C@H]1CCN2c3ccccc3C[C@H]2C1. The van der Waals surface area contributed by atoms with E-state index in [4.69, 9.17) is 0 Å². The number of piperidine rings is 1. The van der Waals surface area contributed by atoms with Crippen molar-refractivity contribution in [2.75, 3.05) is 24.5 Å². The lowest BCUT2D eigenvalue weighted by molar-refractivity contribution is 0.156. The molecule has 20 heavy (non-hydrogen) atoms. The molecule has 2 nitrogen and oxygen atoms in total. The fourth-order valence-corrected chi connectivity index (χ4v) is 4.14. The third-order valence-corrected chi connectivity index (χ3v) is 4.98. The molecule has 2 heteroatoms. The minimum atomic E-state index is 0.752. The van der Waals surface area contributed by atoms with E-state index in [1.165, 1.54) is 57.4 Å². The number of hydrogen-bond donors (Lipinski definition) is 0. The Kier molecular flexibility index (Phi) is 4.30. The number of hydrogen-bond acceptors (Lipinski definition) is 2.